The fourth-order valence-corrected chi connectivity index (χ4v) is 2.76. The number of nitrogens with zero attached hydrogens (tertiary/aromatic N) is 2. The maximum absolute atomic E-state index is 11.3. The lowest BCUT2D eigenvalue weighted by atomic mass is 9.73. The highest BCUT2D eigenvalue weighted by Crippen LogP contribution is 2.38. The Morgan fingerprint density at radius 3 is 2.71 bits per heavy atom. The van der Waals surface area contributed by atoms with Crippen molar-refractivity contribution in [1.82, 2.24) is 9.80 Å². The van der Waals surface area contributed by atoms with E-state index < -0.39 is 0 Å². The number of carbonyl (C=O) groups is 1. The van der Waals surface area contributed by atoms with Gasteiger partial charge in [-0.2, -0.15) is 0 Å². The Morgan fingerprint density at radius 1 is 1.43 bits per heavy atom. The molecule has 1 amide bonds. The normalized spacial score (nSPS) is 25.9. The molecular weight excluding hydrogens is 176 g/mol. The summed E-state index contributed by atoms with van der Waals surface area (Å²) in [5, 5.41) is 0. The van der Waals surface area contributed by atoms with Crippen LogP contribution in [0.3, 0.4) is 0 Å². The summed E-state index contributed by atoms with van der Waals surface area (Å²) >= 11 is 0. The van der Waals surface area contributed by atoms with Crippen molar-refractivity contribution in [2.45, 2.75) is 12.8 Å². The van der Waals surface area contributed by atoms with E-state index in [-0.39, 0.29) is 5.91 Å². The van der Waals surface area contributed by atoms with Crippen molar-refractivity contribution >= 4 is 5.91 Å². The lowest BCUT2D eigenvalue weighted by Gasteiger charge is -2.53. The van der Waals surface area contributed by atoms with E-state index in [1.807, 2.05) is 4.90 Å². The molecule has 14 heavy (non-hydrogen) atoms. The molecule has 2 fully saturated rings. The molecule has 0 N–H and O–H groups in total. The van der Waals surface area contributed by atoms with Crippen LogP contribution in [0.4, 0.5) is 0 Å². The lowest BCUT2D eigenvalue weighted by Crippen LogP contribution is -2.63. The van der Waals surface area contributed by atoms with Crippen LogP contribution in [0.25, 0.3) is 0 Å². The zero-order chi connectivity index (χ0) is 10.2. The van der Waals surface area contributed by atoms with Crippen molar-refractivity contribution in [2.75, 3.05) is 33.2 Å². The molecule has 0 aromatic heterocycles. The van der Waals surface area contributed by atoms with Gasteiger partial charge in [0.15, 0.2) is 0 Å². The summed E-state index contributed by atoms with van der Waals surface area (Å²) < 4.78 is 0. The van der Waals surface area contributed by atoms with E-state index >= 15 is 0 Å². The van der Waals surface area contributed by atoms with Crippen LogP contribution in [0, 0.1) is 5.41 Å². The van der Waals surface area contributed by atoms with Crippen molar-refractivity contribution in [3.8, 4) is 0 Å². The Balaban J connectivity index is 1.90. The van der Waals surface area contributed by atoms with E-state index in [9.17, 15) is 4.79 Å². The largest absolute Gasteiger partial charge is 0.338 e. The molecule has 3 nitrogen and oxygen atoms in total. The van der Waals surface area contributed by atoms with E-state index in [0.29, 0.717) is 5.41 Å². The van der Waals surface area contributed by atoms with E-state index in [0.717, 1.165) is 19.6 Å². The fourth-order valence-electron chi connectivity index (χ4n) is 2.76. The summed E-state index contributed by atoms with van der Waals surface area (Å²) in [5.74, 6) is 0.0869. The second-order valence-corrected chi connectivity index (χ2v) is 4.74. The zero-order valence-electron chi connectivity index (χ0n) is 8.83. The average molecular weight is 194 g/mol. The first-order valence-electron chi connectivity index (χ1n) is 5.25. The second-order valence-electron chi connectivity index (χ2n) is 4.74. The molecular formula is C11H18N2O. The fraction of sp³-hybridized carbons (Fsp3) is 0.727. The van der Waals surface area contributed by atoms with Crippen LogP contribution in [0.15, 0.2) is 12.7 Å². The van der Waals surface area contributed by atoms with Gasteiger partial charge in [-0.1, -0.05) is 6.58 Å². The third-order valence-corrected chi connectivity index (χ3v) is 3.39. The molecule has 2 saturated heterocycles. The standard InChI is InChI=1S/C11H18N2O/c1-3-10(14)13-8-11(9-13)5-4-6-12(2)7-11/h3H,1,4-9H2,2H3. The lowest BCUT2D eigenvalue weighted by molar-refractivity contribution is -0.141. The molecule has 0 aromatic carbocycles. The molecule has 0 saturated carbocycles. The quantitative estimate of drug-likeness (QED) is 0.574. The monoisotopic (exact) mass is 194 g/mol. The van der Waals surface area contributed by atoms with E-state index in [2.05, 4.69) is 18.5 Å². The molecule has 78 valence electrons. The van der Waals surface area contributed by atoms with Gasteiger partial charge in [0, 0.05) is 25.0 Å². The summed E-state index contributed by atoms with van der Waals surface area (Å²) in [6, 6.07) is 0. The predicted molar refractivity (Wildman–Crippen MR) is 55.9 cm³/mol. The average Bonchev–Trinajstić information content (AvgIpc) is 2.13. The Hall–Kier alpha value is -0.830. The van der Waals surface area contributed by atoms with Crippen LogP contribution in [-0.2, 0) is 4.79 Å². The van der Waals surface area contributed by atoms with Gasteiger partial charge in [-0.15, -0.1) is 0 Å². The summed E-state index contributed by atoms with van der Waals surface area (Å²) in [6.07, 6.45) is 3.96. The molecule has 0 aliphatic carbocycles. The minimum atomic E-state index is 0.0869. The predicted octanol–water partition coefficient (Wildman–Crippen LogP) is 0.727. The number of rotatable bonds is 1. The third kappa shape index (κ3) is 1.57. The zero-order valence-corrected chi connectivity index (χ0v) is 8.83. The number of amides is 1. The summed E-state index contributed by atoms with van der Waals surface area (Å²) in [5.41, 5.74) is 0.408. The minimum absolute atomic E-state index is 0.0869. The van der Waals surface area contributed by atoms with Crippen LogP contribution in [-0.4, -0.2) is 48.9 Å². The van der Waals surface area contributed by atoms with Gasteiger partial charge in [-0.3, -0.25) is 4.79 Å². The molecule has 0 aromatic rings. The third-order valence-electron chi connectivity index (χ3n) is 3.39. The van der Waals surface area contributed by atoms with Crippen LogP contribution >= 0.6 is 0 Å². The van der Waals surface area contributed by atoms with Gasteiger partial charge in [-0.05, 0) is 32.5 Å². The Morgan fingerprint density at radius 2 is 2.14 bits per heavy atom. The maximum Gasteiger partial charge on any atom is 0.245 e. The smallest absolute Gasteiger partial charge is 0.245 e. The number of likely N-dealkylation sites (tertiary alicyclic amines) is 2. The highest BCUT2D eigenvalue weighted by Gasteiger charge is 2.45. The van der Waals surface area contributed by atoms with Crippen LogP contribution in [0.5, 0.6) is 0 Å². The summed E-state index contributed by atoms with van der Waals surface area (Å²) in [7, 11) is 2.17. The molecule has 1 spiro atoms. The van der Waals surface area contributed by atoms with Gasteiger partial charge < -0.3 is 9.80 Å². The van der Waals surface area contributed by atoms with Crippen molar-refractivity contribution in [2.24, 2.45) is 5.41 Å². The molecule has 0 bridgehead atoms. The minimum Gasteiger partial charge on any atom is -0.338 e. The molecule has 0 unspecified atom stereocenters. The molecule has 2 aliphatic rings. The van der Waals surface area contributed by atoms with Gasteiger partial charge in [0.25, 0.3) is 0 Å². The van der Waals surface area contributed by atoms with E-state index in [1.165, 1.54) is 25.5 Å². The van der Waals surface area contributed by atoms with Gasteiger partial charge in [0.2, 0.25) is 5.91 Å². The first-order valence-corrected chi connectivity index (χ1v) is 5.25. The molecule has 2 aliphatic heterocycles. The number of hydrogen-bond donors (Lipinski definition) is 0. The number of hydrogen-bond acceptors (Lipinski definition) is 2. The van der Waals surface area contributed by atoms with Gasteiger partial charge >= 0.3 is 0 Å². The van der Waals surface area contributed by atoms with Gasteiger partial charge in [-0.25, -0.2) is 0 Å². The van der Waals surface area contributed by atoms with Gasteiger partial charge in [0.05, 0.1) is 0 Å². The highest BCUT2D eigenvalue weighted by molar-refractivity contribution is 5.87. The molecule has 3 heteroatoms. The van der Waals surface area contributed by atoms with Crippen LogP contribution in [0.2, 0.25) is 0 Å². The summed E-state index contributed by atoms with van der Waals surface area (Å²) in [4.78, 5) is 15.6. The molecule has 0 atom stereocenters. The topological polar surface area (TPSA) is 23.6 Å². The Kier molecular flexibility index (Phi) is 2.35. The Labute approximate surface area is 85.4 Å². The van der Waals surface area contributed by atoms with Crippen LogP contribution < -0.4 is 0 Å². The van der Waals surface area contributed by atoms with Crippen molar-refractivity contribution in [1.29, 1.82) is 0 Å². The first kappa shape index (κ1) is 9.71. The van der Waals surface area contributed by atoms with E-state index in [1.54, 1.807) is 0 Å². The second kappa shape index (κ2) is 3.39. The van der Waals surface area contributed by atoms with Crippen molar-refractivity contribution in [3.05, 3.63) is 12.7 Å². The first-order chi connectivity index (χ1) is 6.65. The SMILES string of the molecule is C=CC(=O)N1CC2(CCCN(C)C2)C1. The Bertz CT molecular complexity index is 256. The molecule has 2 heterocycles. The van der Waals surface area contributed by atoms with Crippen LogP contribution in [0.1, 0.15) is 12.8 Å². The molecule has 0 radical (unpaired) electrons. The molecule has 2 rings (SSSR count). The van der Waals surface area contributed by atoms with E-state index in [4.69, 9.17) is 0 Å². The van der Waals surface area contributed by atoms with Gasteiger partial charge in [0.1, 0.15) is 0 Å². The highest BCUT2D eigenvalue weighted by atomic mass is 16.2. The number of piperidine rings is 1. The maximum atomic E-state index is 11.3. The number of carbonyl (C=O) groups excluding carboxylic acids is 1. The van der Waals surface area contributed by atoms with Crippen molar-refractivity contribution in [3.63, 3.8) is 0 Å². The summed E-state index contributed by atoms with van der Waals surface area (Å²) in [6.45, 7) is 7.73. The van der Waals surface area contributed by atoms with Crippen molar-refractivity contribution < 1.29 is 4.79 Å².